The normalized spacial score (nSPS) is 12.0. The average molecular weight is 341 g/mol. The highest BCUT2D eigenvalue weighted by atomic mass is 16.3. The molecule has 3 aromatic carbocycles. The molecule has 2 nitrogen and oxygen atoms in total. The van der Waals surface area contributed by atoms with Gasteiger partial charge in [-0.25, -0.2) is 0 Å². The molecule has 0 N–H and O–H groups in total. The van der Waals surface area contributed by atoms with Crippen LogP contribution in [0.5, 0.6) is 0 Å². The Bertz CT molecular complexity index is 1100. The number of nitrogens with zero attached hydrogens (tertiary/aromatic N) is 1. The van der Waals surface area contributed by atoms with Gasteiger partial charge in [-0.3, -0.25) is 0 Å². The van der Waals surface area contributed by atoms with Crippen LogP contribution in [0.4, 0.5) is 11.4 Å². The van der Waals surface area contributed by atoms with Gasteiger partial charge in [0.2, 0.25) is 7.98 Å². The van der Waals surface area contributed by atoms with Gasteiger partial charge in [0.1, 0.15) is 5.58 Å². The Morgan fingerprint density at radius 2 is 1.38 bits per heavy atom. The van der Waals surface area contributed by atoms with Gasteiger partial charge in [0.15, 0.2) is 5.58 Å². The van der Waals surface area contributed by atoms with Crippen LogP contribution in [0.15, 0.2) is 65.1 Å². The summed E-state index contributed by atoms with van der Waals surface area (Å²) < 4.78 is 6.48. The lowest BCUT2D eigenvalue weighted by atomic mass is 9.86. The van der Waals surface area contributed by atoms with Crippen molar-refractivity contribution in [2.75, 3.05) is 4.81 Å². The lowest BCUT2D eigenvalue weighted by molar-refractivity contribution is 0.573. The van der Waals surface area contributed by atoms with E-state index in [1.165, 1.54) is 27.6 Å². The number of hydrogen-bond acceptors (Lipinski definition) is 2. The molecular weight excluding hydrogens is 317 g/mol. The first-order chi connectivity index (χ1) is 12.4. The molecule has 26 heavy (non-hydrogen) atoms. The summed E-state index contributed by atoms with van der Waals surface area (Å²) in [7, 11) is 2.11. The Labute approximate surface area is 155 Å². The minimum absolute atomic E-state index is 0.0372. The third kappa shape index (κ3) is 2.59. The zero-order chi connectivity index (χ0) is 18.5. The van der Waals surface area contributed by atoms with Gasteiger partial charge in [0.25, 0.3) is 0 Å². The van der Waals surface area contributed by atoms with E-state index in [2.05, 4.69) is 101 Å². The van der Waals surface area contributed by atoms with E-state index >= 15 is 0 Å². The molecule has 0 radical (unpaired) electrons. The van der Waals surface area contributed by atoms with Crippen molar-refractivity contribution in [2.45, 2.75) is 33.1 Å². The summed E-state index contributed by atoms with van der Waals surface area (Å²) in [6.07, 6.45) is 0. The zero-order valence-electron chi connectivity index (χ0n) is 16.1. The Balaban J connectivity index is 1.99. The first-order valence-corrected chi connectivity index (χ1v) is 9.12. The van der Waals surface area contributed by atoms with Crippen LogP contribution in [0.2, 0.25) is 0 Å². The van der Waals surface area contributed by atoms with Crippen LogP contribution in [-0.4, -0.2) is 7.98 Å². The monoisotopic (exact) mass is 341 g/mol. The highest BCUT2D eigenvalue weighted by Crippen LogP contribution is 2.40. The van der Waals surface area contributed by atoms with Gasteiger partial charge in [0.05, 0.1) is 5.69 Å². The third-order valence-corrected chi connectivity index (χ3v) is 5.15. The molecule has 130 valence electrons. The van der Waals surface area contributed by atoms with Gasteiger partial charge in [-0.15, -0.1) is 0 Å². The first-order valence-electron chi connectivity index (χ1n) is 9.12. The molecule has 0 saturated heterocycles. The van der Waals surface area contributed by atoms with Crippen LogP contribution in [0, 0.1) is 6.92 Å². The molecule has 0 aliphatic heterocycles. The number of furan rings is 1. The average Bonchev–Trinajstić information content (AvgIpc) is 2.99. The molecule has 0 bridgehead atoms. The number of hydrogen-bond donors (Lipinski definition) is 0. The summed E-state index contributed by atoms with van der Waals surface area (Å²) in [5.74, 6) is 0. The number of fused-ring (bicyclic) bond motifs is 3. The fourth-order valence-corrected chi connectivity index (χ4v) is 3.73. The van der Waals surface area contributed by atoms with Crippen molar-refractivity contribution in [3.63, 3.8) is 0 Å². The van der Waals surface area contributed by atoms with Crippen LogP contribution in [0.25, 0.3) is 21.9 Å². The molecule has 0 unspecified atom stereocenters. The van der Waals surface area contributed by atoms with E-state index in [4.69, 9.17) is 4.42 Å². The van der Waals surface area contributed by atoms with Crippen molar-refractivity contribution < 1.29 is 4.42 Å². The summed E-state index contributed by atoms with van der Waals surface area (Å²) in [4.78, 5) is 2.22. The topological polar surface area (TPSA) is 16.4 Å². The van der Waals surface area contributed by atoms with Crippen LogP contribution in [0.3, 0.4) is 0 Å². The Hall–Kier alpha value is -2.68. The highest BCUT2D eigenvalue weighted by molar-refractivity contribution is 6.25. The van der Waals surface area contributed by atoms with Crippen molar-refractivity contribution in [3.05, 3.63) is 71.8 Å². The van der Waals surface area contributed by atoms with Crippen molar-refractivity contribution in [1.82, 2.24) is 0 Å². The van der Waals surface area contributed by atoms with Crippen LogP contribution in [0.1, 0.15) is 31.9 Å². The third-order valence-electron chi connectivity index (χ3n) is 5.15. The van der Waals surface area contributed by atoms with Gasteiger partial charge < -0.3 is 9.23 Å². The molecule has 3 heteroatoms. The first kappa shape index (κ1) is 16.8. The van der Waals surface area contributed by atoms with Gasteiger partial charge in [-0.05, 0) is 30.0 Å². The highest BCUT2D eigenvalue weighted by Gasteiger charge is 2.22. The minimum Gasteiger partial charge on any atom is -0.454 e. The number of benzene rings is 3. The maximum absolute atomic E-state index is 6.48. The predicted molar refractivity (Wildman–Crippen MR) is 114 cm³/mol. The largest absolute Gasteiger partial charge is 0.454 e. The molecular formula is C23H24BNO. The van der Waals surface area contributed by atoms with Gasteiger partial charge in [-0.2, -0.15) is 0 Å². The summed E-state index contributed by atoms with van der Waals surface area (Å²) in [6, 6.07) is 21.3. The molecule has 4 rings (SSSR count). The second kappa shape index (κ2) is 5.94. The summed E-state index contributed by atoms with van der Waals surface area (Å²) in [5.41, 5.74) is 6.76. The van der Waals surface area contributed by atoms with Crippen LogP contribution >= 0.6 is 0 Å². The lowest BCUT2D eigenvalue weighted by Crippen LogP contribution is -2.13. The van der Waals surface area contributed by atoms with Gasteiger partial charge in [-0.1, -0.05) is 69.3 Å². The van der Waals surface area contributed by atoms with Gasteiger partial charge in [0, 0.05) is 22.0 Å². The standard InChI is InChI=1S/C23H24BNO/c1-15-9-5-6-13-19(15)25(24)20-14-8-11-17-16-10-7-12-18(23(2,3)4)21(16)26-22(17)20/h5-14H,24H2,1-4H3. The van der Waals surface area contributed by atoms with Crippen molar-refractivity contribution in [2.24, 2.45) is 0 Å². The van der Waals surface area contributed by atoms with E-state index < -0.39 is 0 Å². The molecule has 4 aromatic rings. The maximum Gasteiger partial charge on any atom is 0.223 e. The summed E-state index contributed by atoms with van der Waals surface area (Å²) >= 11 is 0. The van der Waals surface area contributed by atoms with Gasteiger partial charge >= 0.3 is 0 Å². The second-order valence-corrected chi connectivity index (χ2v) is 8.03. The number of aryl methyl sites for hydroxylation is 1. The van der Waals surface area contributed by atoms with Crippen molar-refractivity contribution in [1.29, 1.82) is 0 Å². The molecule has 0 amide bonds. The van der Waals surface area contributed by atoms with Crippen molar-refractivity contribution >= 4 is 41.3 Å². The number of rotatable bonds is 2. The van der Waals surface area contributed by atoms with E-state index in [-0.39, 0.29) is 5.41 Å². The number of anilines is 2. The Morgan fingerprint density at radius 1 is 0.769 bits per heavy atom. The van der Waals surface area contributed by atoms with E-state index in [0.717, 1.165) is 16.9 Å². The van der Waals surface area contributed by atoms with E-state index in [0.29, 0.717) is 0 Å². The molecule has 0 aliphatic carbocycles. The molecule has 1 aromatic heterocycles. The van der Waals surface area contributed by atoms with Crippen LogP contribution < -0.4 is 4.81 Å². The minimum atomic E-state index is 0.0372. The molecule has 0 aliphatic rings. The summed E-state index contributed by atoms with van der Waals surface area (Å²) in [5, 5.41) is 2.36. The molecule has 1 heterocycles. The van der Waals surface area contributed by atoms with E-state index in [1.54, 1.807) is 0 Å². The maximum atomic E-state index is 6.48. The molecule has 0 saturated carbocycles. The fourth-order valence-electron chi connectivity index (χ4n) is 3.73. The van der Waals surface area contributed by atoms with E-state index in [9.17, 15) is 0 Å². The fraction of sp³-hybridized carbons (Fsp3) is 0.217. The summed E-state index contributed by atoms with van der Waals surface area (Å²) in [6.45, 7) is 8.84. The Morgan fingerprint density at radius 3 is 2.08 bits per heavy atom. The van der Waals surface area contributed by atoms with Crippen LogP contribution in [-0.2, 0) is 5.41 Å². The molecule has 0 spiro atoms. The van der Waals surface area contributed by atoms with E-state index in [1.807, 2.05) is 0 Å². The predicted octanol–water partition coefficient (Wildman–Crippen LogP) is 5.88. The molecule has 0 atom stereocenters. The quantitative estimate of drug-likeness (QED) is 0.424. The molecule has 0 fully saturated rings. The number of para-hydroxylation sites is 3. The SMILES string of the molecule is BN(c1ccccc1C)c1cccc2c1oc1c(C(C)(C)C)cccc12. The Kier molecular flexibility index (Phi) is 3.84. The smallest absolute Gasteiger partial charge is 0.223 e. The lowest BCUT2D eigenvalue weighted by Gasteiger charge is -2.22. The zero-order valence-corrected chi connectivity index (χ0v) is 16.1. The second-order valence-electron chi connectivity index (χ2n) is 8.03. The van der Waals surface area contributed by atoms with Crippen molar-refractivity contribution in [3.8, 4) is 0 Å².